The van der Waals surface area contributed by atoms with E-state index in [1.54, 1.807) is 35.6 Å². The molecule has 0 bridgehead atoms. The molecule has 168 valence electrons. The molecule has 3 amide bonds. The summed E-state index contributed by atoms with van der Waals surface area (Å²) in [4.78, 5) is 28.3. The first-order valence-corrected chi connectivity index (χ1v) is 11.4. The highest BCUT2D eigenvalue weighted by Gasteiger charge is 2.24. The van der Waals surface area contributed by atoms with E-state index >= 15 is 0 Å². The maximum Gasteiger partial charge on any atom is 0.319 e. The van der Waals surface area contributed by atoms with Gasteiger partial charge in [0, 0.05) is 22.2 Å². The molecular weight excluding hydrogens is 420 g/mol. The molecular formula is C25H30N4O2S. The van der Waals surface area contributed by atoms with Crippen molar-refractivity contribution in [2.75, 3.05) is 19.4 Å². The second kappa shape index (κ2) is 10.9. The lowest BCUT2D eigenvalue weighted by atomic mass is 9.95. The van der Waals surface area contributed by atoms with E-state index in [2.05, 4.69) is 39.9 Å². The summed E-state index contributed by atoms with van der Waals surface area (Å²) in [6.07, 6.45) is 0. The van der Waals surface area contributed by atoms with E-state index in [4.69, 9.17) is 0 Å². The van der Waals surface area contributed by atoms with Gasteiger partial charge in [-0.05, 0) is 68.7 Å². The van der Waals surface area contributed by atoms with Crippen LogP contribution in [0.3, 0.4) is 0 Å². The zero-order valence-electron chi connectivity index (χ0n) is 18.9. The molecule has 0 spiro atoms. The van der Waals surface area contributed by atoms with Crippen molar-refractivity contribution in [2.24, 2.45) is 0 Å². The zero-order valence-corrected chi connectivity index (χ0v) is 19.7. The van der Waals surface area contributed by atoms with Crippen LogP contribution in [0.4, 0.5) is 10.5 Å². The molecule has 0 aliphatic rings. The van der Waals surface area contributed by atoms with Crippen LogP contribution in [0.1, 0.15) is 39.3 Å². The third-order valence-electron chi connectivity index (χ3n) is 5.28. The van der Waals surface area contributed by atoms with Crippen LogP contribution in [0.2, 0.25) is 0 Å². The second-order valence-corrected chi connectivity index (χ2v) is 9.03. The van der Waals surface area contributed by atoms with Crippen LogP contribution in [0.5, 0.6) is 0 Å². The van der Waals surface area contributed by atoms with Gasteiger partial charge in [-0.1, -0.05) is 36.4 Å². The molecule has 0 aliphatic carbocycles. The molecule has 7 heteroatoms. The molecule has 1 aromatic heterocycles. The Labute approximate surface area is 193 Å². The number of urea groups is 1. The molecule has 32 heavy (non-hydrogen) atoms. The van der Waals surface area contributed by atoms with Crippen LogP contribution in [0.15, 0.2) is 66.0 Å². The zero-order chi connectivity index (χ0) is 23.1. The van der Waals surface area contributed by atoms with E-state index < -0.39 is 0 Å². The summed E-state index contributed by atoms with van der Waals surface area (Å²) in [6.45, 7) is 4.55. The van der Waals surface area contributed by atoms with Gasteiger partial charge in [-0.3, -0.25) is 4.79 Å². The fourth-order valence-electron chi connectivity index (χ4n) is 3.79. The van der Waals surface area contributed by atoms with Gasteiger partial charge in [0.25, 0.3) is 5.91 Å². The Kier molecular flexibility index (Phi) is 8.03. The monoisotopic (exact) mass is 450 g/mol. The minimum atomic E-state index is -0.311. The van der Waals surface area contributed by atoms with Gasteiger partial charge in [0.15, 0.2) is 0 Å². The number of nitrogens with zero attached hydrogens (tertiary/aromatic N) is 1. The first-order chi connectivity index (χ1) is 15.3. The molecule has 2 aromatic carbocycles. The number of anilines is 1. The highest BCUT2D eigenvalue weighted by atomic mass is 32.1. The largest absolute Gasteiger partial charge is 0.347 e. The number of amides is 3. The topological polar surface area (TPSA) is 73.5 Å². The first-order valence-electron chi connectivity index (χ1n) is 10.5. The maximum absolute atomic E-state index is 12.7. The summed E-state index contributed by atoms with van der Waals surface area (Å²) >= 11 is 1.60. The SMILES string of the molecule is Cc1ccccc1C(C(C)NC(=O)Nc1cccc(C(=O)NCc2cccs2)c1)N(C)C. The minimum absolute atomic E-state index is 0.0244. The molecule has 0 saturated carbocycles. The summed E-state index contributed by atoms with van der Waals surface area (Å²) in [5.74, 6) is -0.178. The number of hydrogen-bond donors (Lipinski definition) is 3. The normalized spacial score (nSPS) is 12.8. The van der Waals surface area contributed by atoms with E-state index in [9.17, 15) is 9.59 Å². The molecule has 0 aliphatic heterocycles. The number of likely N-dealkylation sites (N-methyl/N-ethyl adjacent to an activating group) is 1. The quantitative estimate of drug-likeness (QED) is 0.462. The van der Waals surface area contributed by atoms with Crippen LogP contribution in [-0.2, 0) is 6.54 Å². The van der Waals surface area contributed by atoms with Crippen molar-refractivity contribution < 1.29 is 9.59 Å². The molecule has 3 aromatic rings. The summed E-state index contributed by atoms with van der Waals surface area (Å²) in [5.41, 5.74) is 3.42. The van der Waals surface area contributed by atoms with E-state index in [0.29, 0.717) is 17.8 Å². The predicted molar refractivity (Wildman–Crippen MR) is 131 cm³/mol. The Hall–Kier alpha value is -3.16. The van der Waals surface area contributed by atoms with Gasteiger partial charge in [-0.2, -0.15) is 0 Å². The van der Waals surface area contributed by atoms with Gasteiger partial charge < -0.3 is 20.9 Å². The van der Waals surface area contributed by atoms with Gasteiger partial charge in [0.1, 0.15) is 0 Å². The van der Waals surface area contributed by atoms with E-state index in [-0.39, 0.29) is 24.0 Å². The number of hydrogen-bond acceptors (Lipinski definition) is 4. The summed E-state index contributed by atoms with van der Waals surface area (Å²) in [6, 6.07) is 18.6. The van der Waals surface area contributed by atoms with Crippen LogP contribution in [0, 0.1) is 6.92 Å². The number of carbonyl (C=O) groups is 2. The molecule has 2 atom stereocenters. The lowest BCUT2D eigenvalue weighted by Gasteiger charge is -2.32. The average Bonchev–Trinajstić information content (AvgIpc) is 3.27. The van der Waals surface area contributed by atoms with Gasteiger partial charge in [0.05, 0.1) is 12.6 Å². The molecule has 0 saturated heterocycles. The van der Waals surface area contributed by atoms with E-state index in [1.807, 2.05) is 50.7 Å². The Morgan fingerprint density at radius 2 is 1.81 bits per heavy atom. The van der Waals surface area contributed by atoms with Crippen molar-refractivity contribution in [3.05, 3.63) is 87.6 Å². The van der Waals surface area contributed by atoms with Crippen LogP contribution < -0.4 is 16.0 Å². The number of benzene rings is 2. The average molecular weight is 451 g/mol. The minimum Gasteiger partial charge on any atom is -0.347 e. The van der Waals surface area contributed by atoms with Gasteiger partial charge in [-0.15, -0.1) is 11.3 Å². The molecule has 0 radical (unpaired) electrons. The van der Waals surface area contributed by atoms with Crippen molar-refractivity contribution in [3.63, 3.8) is 0 Å². The molecule has 1 heterocycles. The van der Waals surface area contributed by atoms with E-state index in [1.165, 1.54) is 11.1 Å². The predicted octanol–water partition coefficient (Wildman–Crippen LogP) is 4.80. The Morgan fingerprint density at radius 3 is 2.50 bits per heavy atom. The third kappa shape index (κ3) is 6.18. The fraction of sp³-hybridized carbons (Fsp3) is 0.280. The van der Waals surface area contributed by atoms with Crippen LogP contribution in [-0.4, -0.2) is 37.0 Å². The van der Waals surface area contributed by atoms with E-state index in [0.717, 1.165) is 4.88 Å². The Morgan fingerprint density at radius 1 is 1.03 bits per heavy atom. The van der Waals surface area contributed by atoms with Crippen LogP contribution >= 0.6 is 11.3 Å². The van der Waals surface area contributed by atoms with Gasteiger partial charge >= 0.3 is 6.03 Å². The van der Waals surface area contributed by atoms with Crippen molar-refractivity contribution in [2.45, 2.75) is 32.5 Å². The lowest BCUT2D eigenvalue weighted by molar-refractivity contribution is 0.0951. The lowest BCUT2D eigenvalue weighted by Crippen LogP contribution is -2.44. The fourth-order valence-corrected chi connectivity index (χ4v) is 4.43. The first kappa shape index (κ1) is 23.5. The number of thiophene rings is 1. The number of nitrogens with one attached hydrogen (secondary N) is 3. The van der Waals surface area contributed by atoms with Crippen LogP contribution in [0.25, 0.3) is 0 Å². The molecule has 2 unspecified atom stereocenters. The smallest absolute Gasteiger partial charge is 0.319 e. The number of rotatable bonds is 8. The highest BCUT2D eigenvalue weighted by molar-refractivity contribution is 7.09. The second-order valence-electron chi connectivity index (χ2n) is 8.00. The van der Waals surface area contributed by atoms with Gasteiger partial charge in [-0.25, -0.2) is 4.79 Å². The maximum atomic E-state index is 12.7. The Bertz CT molecular complexity index is 1050. The number of carbonyl (C=O) groups excluding carboxylic acids is 2. The highest BCUT2D eigenvalue weighted by Crippen LogP contribution is 2.25. The number of aryl methyl sites for hydroxylation is 1. The summed E-state index contributed by atoms with van der Waals surface area (Å²) in [5, 5.41) is 10.8. The molecule has 3 N–H and O–H groups in total. The standard InChI is InChI=1S/C25H30N4O2S/c1-17-9-5-6-13-22(17)23(29(3)4)18(2)27-25(31)28-20-11-7-10-19(15-20)24(30)26-16-21-12-8-14-32-21/h5-15,18,23H,16H2,1-4H3,(H,26,30)(H2,27,28,31). The van der Waals surface area contributed by atoms with Crippen molar-refractivity contribution >= 4 is 29.0 Å². The third-order valence-corrected chi connectivity index (χ3v) is 6.16. The molecule has 3 rings (SSSR count). The van der Waals surface area contributed by atoms with Gasteiger partial charge in [0.2, 0.25) is 0 Å². The summed E-state index contributed by atoms with van der Waals surface area (Å²) in [7, 11) is 4.01. The molecule has 6 nitrogen and oxygen atoms in total. The summed E-state index contributed by atoms with van der Waals surface area (Å²) < 4.78 is 0. The molecule has 0 fully saturated rings. The Balaban J connectivity index is 1.62. The van der Waals surface area contributed by atoms with Crippen molar-refractivity contribution in [1.82, 2.24) is 15.5 Å². The van der Waals surface area contributed by atoms with Crippen molar-refractivity contribution in [3.8, 4) is 0 Å². The van der Waals surface area contributed by atoms with Crippen molar-refractivity contribution in [1.29, 1.82) is 0 Å².